The first-order valence-corrected chi connectivity index (χ1v) is 17.3. The van der Waals surface area contributed by atoms with Gasteiger partial charge in [0.15, 0.2) is 0 Å². The summed E-state index contributed by atoms with van der Waals surface area (Å²) in [6.45, 7) is 6.80. The molecule has 7 heteroatoms. The van der Waals surface area contributed by atoms with Crippen molar-refractivity contribution in [1.82, 2.24) is 15.3 Å². The summed E-state index contributed by atoms with van der Waals surface area (Å²) in [5.41, 5.74) is 2.32. The van der Waals surface area contributed by atoms with E-state index in [0.717, 1.165) is 40.6 Å². The average molecular weight is 607 g/mol. The van der Waals surface area contributed by atoms with Gasteiger partial charge in [-0.25, -0.2) is 9.97 Å². The zero-order valence-corrected chi connectivity index (χ0v) is 28.3. The second-order valence-electron chi connectivity index (χ2n) is 11.9. The van der Waals surface area contributed by atoms with Crippen LogP contribution in [0.15, 0.2) is 48.5 Å². The van der Waals surface area contributed by atoms with E-state index in [1.807, 2.05) is 87.9 Å². The maximum Gasteiger partial charge on any atom is 0.221 e. The smallest absolute Gasteiger partial charge is 0.221 e. The topological polar surface area (TPSA) is 67.3 Å². The van der Waals surface area contributed by atoms with E-state index in [1.54, 1.807) is 7.11 Å². The second-order valence-corrected chi connectivity index (χ2v) is 13.3. The van der Waals surface area contributed by atoms with E-state index in [2.05, 4.69) is 27.4 Å². The second kappa shape index (κ2) is 18.1. The number of aromatic nitrogens is 2. The van der Waals surface area contributed by atoms with Gasteiger partial charge in [0, 0.05) is 42.9 Å². The molecule has 0 atom stereocenters. The molecule has 1 amide bonds. The fourth-order valence-corrected chi connectivity index (χ4v) is 7.52. The summed E-state index contributed by atoms with van der Waals surface area (Å²) in [6, 6.07) is 16.4. The SMILES string of the molecule is CC.COc1ccc(CSC2(CC(=O)NCC3CCCCC3)CCCCC2)cc1.Cc1nc(N(C)C)c2ccccc2n1. The molecule has 2 saturated carbocycles. The molecule has 0 aliphatic heterocycles. The van der Waals surface area contributed by atoms with Crippen molar-refractivity contribution in [2.24, 2.45) is 5.92 Å². The van der Waals surface area contributed by atoms with Gasteiger partial charge < -0.3 is 15.0 Å². The summed E-state index contributed by atoms with van der Waals surface area (Å²) >= 11 is 2.00. The largest absolute Gasteiger partial charge is 0.497 e. The summed E-state index contributed by atoms with van der Waals surface area (Å²) < 4.78 is 5.37. The van der Waals surface area contributed by atoms with Crippen LogP contribution in [0, 0.1) is 12.8 Å². The summed E-state index contributed by atoms with van der Waals surface area (Å²) in [5.74, 6) is 4.64. The molecule has 2 aromatic carbocycles. The predicted molar refractivity (Wildman–Crippen MR) is 184 cm³/mol. The number of thioether (sulfide) groups is 1. The highest BCUT2D eigenvalue weighted by Crippen LogP contribution is 2.44. The number of benzene rings is 2. The molecular weight excluding hydrogens is 552 g/mol. The highest BCUT2D eigenvalue weighted by atomic mass is 32.2. The van der Waals surface area contributed by atoms with E-state index in [0.29, 0.717) is 12.3 Å². The van der Waals surface area contributed by atoms with Crippen LogP contribution < -0.4 is 15.0 Å². The quantitative estimate of drug-likeness (QED) is 0.263. The van der Waals surface area contributed by atoms with Gasteiger partial charge in [-0.2, -0.15) is 0 Å². The summed E-state index contributed by atoms with van der Waals surface area (Å²) in [5, 5.41) is 4.37. The number of carbonyl (C=O) groups is 1. The number of aryl methyl sites for hydroxylation is 1. The molecule has 2 aliphatic carbocycles. The van der Waals surface area contributed by atoms with Crippen molar-refractivity contribution in [1.29, 1.82) is 0 Å². The Bertz CT molecular complexity index is 1240. The van der Waals surface area contributed by atoms with Gasteiger partial charge in [-0.3, -0.25) is 4.79 Å². The number of para-hydroxylation sites is 1. The third kappa shape index (κ3) is 11.0. The average Bonchev–Trinajstić information content (AvgIpc) is 3.05. The number of hydrogen-bond acceptors (Lipinski definition) is 6. The van der Waals surface area contributed by atoms with Gasteiger partial charge in [0.05, 0.1) is 12.6 Å². The number of carbonyl (C=O) groups excluding carboxylic acids is 1. The van der Waals surface area contributed by atoms with Crippen LogP contribution in [0.5, 0.6) is 5.75 Å². The van der Waals surface area contributed by atoms with E-state index in [-0.39, 0.29) is 10.7 Å². The fraction of sp³-hybridized carbons (Fsp3) is 0.583. The van der Waals surface area contributed by atoms with Gasteiger partial charge in [-0.1, -0.05) is 76.6 Å². The Hall–Kier alpha value is -2.80. The number of rotatable bonds is 9. The van der Waals surface area contributed by atoms with Crippen molar-refractivity contribution < 1.29 is 9.53 Å². The molecule has 236 valence electrons. The fourth-order valence-electron chi connectivity index (χ4n) is 6.04. The molecule has 2 fully saturated rings. The van der Waals surface area contributed by atoms with Gasteiger partial charge in [-0.15, -0.1) is 11.8 Å². The minimum atomic E-state index is 0.120. The first-order valence-electron chi connectivity index (χ1n) is 16.3. The van der Waals surface area contributed by atoms with Crippen LogP contribution in [0.1, 0.15) is 95.9 Å². The van der Waals surface area contributed by atoms with Crippen molar-refractivity contribution in [2.45, 2.75) is 102 Å². The minimum Gasteiger partial charge on any atom is -0.497 e. The van der Waals surface area contributed by atoms with Crippen molar-refractivity contribution in [3.63, 3.8) is 0 Å². The number of nitrogens with zero attached hydrogens (tertiary/aromatic N) is 3. The number of methoxy groups -OCH3 is 1. The number of fused-ring (bicyclic) bond motifs is 1. The van der Waals surface area contributed by atoms with Crippen LogP contribution in [0.2, 0.25) is 0 Å². The number of ether oxygens (including phenoxy) is 1. The molecule has 0 radical (unpaired) electrons. The Kier molecular flexibility index (Phi) is 14.6. The van der Waals surface area contributed by atoms with Gasteiger partial charge in [0.2, 0.25) is 5.91 Å². The Balaban J connectivity index is 0.000000265. The van der Waals surface area contributed by atoms with E-state index in [1.165, 1.54) is 69.8 Å². The lowest BCUT2D eigenvalue weighted by atomic mass is 9.85. The molecule has 0 unspecified atom stereocenters. The first-order chi connectivity index (χ1) is 20.9. The molecule has 1 heterocycles. The number of anilines is 1. The van der Waals surface area contributed by atoms with Crippen LogP contribution in [-0.2, 0) is 10.5 Å². The summed E-state index contributed by atoms with van der Waals surface area (Å²) in [4.78, 5) is 23.5. The van der Waals surface area contributed by atoms with Gasteiger partial charge in [0.1, 0.15) is 17.4 Å². The van der Waals surface area contributed by atoms with E-state index in [4.69, 9.17) is 4.74 Å². The van der Waals surface area contributed by atoms with Gasteiger partial charge >= 0.3 is 0 Å². The van der Waals surface area contributed by atoms with Crippen LogP contribution in [0.3, 0.4) is 0 Å². The molecule has 0 bridgehead atoms. The maximum atomic E-state index is 12.7. The van der Waals surface area contributed by atoms with E-state index in [9.17, 15) is 4.79 Å². The van der Waals surface area contributed by atoms with Crippen LogP contribution in [0.4, 0.5) is 5.82 Å². The molecule has 3 aromatic rings. The lowest BCUT2D eigenvalue weighted by Crippen LogP contribution is -2.38. The summed E-state index contributed by atoms with van der Waals surface area (Å²) in [7, 11) is 5.69. The van der Waals surface area contributed by atoms with Crippen LogP contribution in [0.25, 0.3) is 10.9 Å². The maximum absolute atomic E-state index is 12.7. The Morgan fingerprint density at radius 2 is 1.60 bits per heavy atom. The lowest BCUT2D eigenvalue weighted by molar-refractivity contribution is -0.122. The van der Waals surface area contributed by atoms with E-state index < -0.39 is 0 Å². The zero-order valence-electron chi connectivity index (χ0n) is 27.5. The van der Waals surface area contributed by atoms with Crippen molar-refractivity contribution in [3.8, 4) is 5.75 Å². The Morgan fingerprint density at radius 1 is 0.953 bits per heavy atom. The van der Waals surface area contributed by atoms with Crippen LogP contribution >= 0.6 is 11.8 Å². The molecule has 5 rings (SSSR count). The lowest BCUT2D eigenvalue weighted by Gasteiger charge is -2.36. The molecule has 1 N–H and O–H groups in total. The molecular formula is C36H54N4O2S. The first kappa shape index (κ1) is 34.7. The summed E-state index contributed by atoms with van der Waals surface area (Å²) in [6.07, 6.45) is 13.5. The molecule has 2 aliphatic rings. The highest BCUT2D eigenvalue weighted by Gasteiger charge is 2.35. The zero-order chi connectivity index (χ0) is 31.1. The predicted octanol–water partition coefficient (Wildman–Crippen LogP) is 8.75. The molecule has 6 nitrogen and oxygen atoms in total. The highest BCUT2D eigenvalue weighted by molar-refractivity contribution is 7.99. The van der Waals surface area contributed by atoms with Crippen molar-refractivity contribution >= 4 is 34.4 Å². The third-order valence-corrected chi connectivity index (χ3v) is 10.0. The Morgan fingerprint density at radius 3 is 2.26 bits per heavy atom. The monoisotopic (exact) mass is 606 g/mol. The van der Waals surface area contributed by atoms with E-state index >= 15 is 0 Å². The Labute approximate surface area is 264 Å². The molecule has 0 spiro atoms. The van der Waals surface area contributed by atoms with Crippen LogP contribution in [-0.4, -0.2) is 48.4 Å². The number of hydrogen-bond donors (Lipinski definition) is 1. The molecule has 0 saturated heterocycles. The van der Waals surface area contributed by atoms with Crippen molar-refractivity contribution in [2.75, 3.05) is 32.6 Å². The molecule has 43 heavy (non-hydrogen) atoms. The van der Waals surface area contributed by atoms with Gasteiger partial charge in [-0.05, 0) is 68.4 Å². The third-order valence-electron chi connectivity index (χ3n) is 8.38. The van der Waals surface area contributed by atoms with Gasteiger partial charge in [0.25, 0.3) is 0 Å². The van der Waals surface area contributed by atoms with Crippen molar-refractivity contribution in [3.05, 3.63) is 59.9 Å². The standard InChI is InChI=1S/C23H35NO2S.C11H13N3.C2H6/c1-26-21-12-10-20(11-13-21)18-27-23(14-6-3-7-15-23)16-22(25)24-17-19-8-4-2-5-9-19;1-8-12-10-7-5-4-6-9(10)11(13-8)14(2)3;1-2/h10-13,19H,2-9,14-18H2,1H3,(H,24,25);4-7H,1-3H3;1-2H3. The minimum absolute atomic E-state index is 0.120. The number of nitrogens with one attached hydrogen (secondary N) is 1. The molecule has 1 aromatic heterocycles. The number of amides is 1. The normalized spacial score (nSPS) is 16.2.